The molecule has 132 valence electrons. The highest BCUT2D eigenvalue weighted by molar-refractivity contribution is 5.76. The van der Waals surface area contributed by atoms with Gasteiger partial charge in [-0.25, -0.2) is 0 Å². The molecule has 0 radical (unpaired) electrons. The van der Waals surface area contributed by atoms with Gasteiger partial charge in [-0.15, -0.1) is 0 Å². The number of rotatable bonds is 8. The van der Waals surface area contributed by atoms with Crippen molar-refractivity contribution in [3.8, 4) is 5.75 Å². The van der Waals surface area contributed by atoms with Gasteiger partial charge >= 0.3 is 0 Å². The van der Waals surface area contributed by atoms with Crippen molar-refractivity contribution in [1.82, 2.24) is 10.6 Å². The zero-order valence-electron chi connectivity index (χ0n) is 14.7. The van der Waals surface area contributed by atoms with E-state index >= 15 is 0 Å². The normalized spacial score (nSPS) is 25.5. The molecule has 3 rings (SSSR count). The van der Waals surface area contributed by atoms with Crippen LogP contribution in [0.4, 0.5) is 0 Å². The standard InChI is InChI=1S/C20H30N2O2/c1-15-4-8-19(9-5-15)24-11-3-2-10-21-20(23)14-16-12-17-6-7-18(13-16)22-17/h4-5,8-9,16-18,22H,2-3,6-7,10-14H2,1H3,(H,21,23). The summed E-state index contributed by atoms with van der Waals surface area (Å²) in [4.78, 5) is 12.1. The van der Waals surface area contributed by atoms with Crippen LogP contribution in [-0.4, -0.2) is 31.1 Å². The molecule has 2 atom stereocenters. The van der Waals surface area contributed by atoms with Crippen molar-refractivity contribution in [2.75, 3.05) is 13.2 Å². The molecule has 2 fully saturated rings. The van der Waals surface area contributed by atoms with E-state index in [4.69, 9.17) is 4.74 Å². The van der Waals surface area contributed by atoms with E-state index in [0.29, 0.717) is 31.0 Å². The summed E-state index contributed by atoms with van der Waals surface area (Å²) < 4.78 is 5.70. The van der Waals surface area contributed by atoms with Crippen molar-refractivity contribution in [3.05, 3.63) is 29.8 Å². The largest absolute Gasteiger partial charge is 0.494 e. The van der Waals surface area contributed by atoms with E-state index in [0.717, 1.165) is 25.1 Å². The van der Waals surface area contributed by atoms with Crippen molar-refractivity contribution in [2.45, 2.75) is 64.0 Å². The van der Waals surface area contributed by atoms with Crippen molar-refractivity contribution in [2.24, 2.45) is 5.92 Å². The van der Waals surface area contributed by atoms with Crippen LogP contribution in [0.15, 0.2) is 24.3 Å². The number of benzene rings is 1. The predicted molar refractivity (Wildman–Crippen MR) is 96.2 cm³/mol. The van der Waals surface area contributed by atoms with E-state index in [1.54, 1.807) is 0 Å². The molecule has 4 nitrogen and oxygen atoms in total. The molecule has 4 heteroatoms. The molecule has 0 spiro atoms. The molecule has 2 heterocycles. The number of piperidine rings is 1. The van der Waals surface area contributed by atoms with Gasteiger partial charge in [-0.05, 0) is 63.5 Å². The summed E-state index contributed by atoms with van der Waals surface area (Å²) in [7, 11) is 0. The summed E-state index contributed by atoms with van der Waals surface area (Å²) >= 11 is 0. The van der Waals surface area contributed by atoms with Gasteiger partial charge in [-0.1, -0.05) is 17.7 Å². The summed E-state index contributed by atoms with van der Waals surface area (Å²) in [6.07, 6.45) is 7.57. The Labute approximate surface area is 145 Å². The summed E-state index contributed by atoms with van der Waals surface area (Å²) in [6, 6.07) is 9.46. The predicted octanol–water partition coefficient (Wildman–Crippen LogP) is 3.19. The fraction of sp³-hybridized carbons (Fsp3) is 0.650. The topological polar surface area (TPSA) is 50.4 Å². The van der Waals surface area contributed by atoms with Gasteiger partial charge in [0.15, 0.2) is 0 Å². The number of hydrogen-bond acceptors (Lipinski definition) is 3. The number of amides is 1. The second-order valence-electron chi connectivity index (χ2n) is 7.40. The Morgan fingerprint density at radius 2 is 1.88 bits per heavy atom. The summed E-state index contributed by atoms with van der Waals surface area (Å²) in [6.45, 7) is 3.53. The number of nitrogens with one attached hydrogen (secondary N) is 2. The summed E-state index contributed by atoms with van der Waals surface area (Å²) in [5.74, 6) is 1.72. The Balaban J connectivity index is 1.23. The van der Waals surface area contributed by atoms with E-state index in [2.05, 4.69) is 29.7 Å². The number of carbonyl (C=O) groups excluding carboxylic acids is 1. The fourth-order valence-electron chi connectivity index (χ4n) is 3.96. The fourth-order valence-corrected chi connectivity index (χ4v) is 3.96. The average molecular weight is 330 g/mol. The molecular weight excluding hydrogens is 300 g/mol. The molecule has 1 aromatic carbocycles. The van der Waals surface area contributed by atoms with Gasteiger partial charge in [-0.3, -0.25) is 4.79 Å². The van der Waals surface area contributed by atoms with Crippen LogP contribution < -0.4 is 15.4 Å². The van der Waals surface area contributed by atoms with Gasteiger partial charge in [0.1, 0.15) is 5.75 Å². The zero-order chi connectivity index (χ0) is 16.8. The number of fused-ring (bicyclic) bond motifs is 2. The Bertz CT molecular complexity index is 517. The highest BCUT2D eigenvalue weighted by atomic mass is 16.5. The van der Waals surface area contributed by atoms with E-state index in [1.165, 1.54) is 31.2 Å². The third-order valence-electron chi connectivity index (χ3n) is 5.23. The number of ether oxygens (including phenoxy) is 1. The third-order valence-corrected chi connectivity index (χ3v) is 5.23. The van der Waals surface area contributed by atoms with Gasteiger partial charge in [0, 0.05) is 25.0 Å². The van der Waals surface area contributed by atoms with Gasteiger partial charge < -0.3 is 15.4 Å². The van der Waals surface area contributed by atoms with Crippen LogP contribution in [-0.2, 0) is 4.79 Å². The molecule has 0 aliphatic carbocycles. The highest BCUT2D eigenvalue weighted by Crippen LogP contribution is 2.32. The minimum Gasteiger partial charge on any atom is -0.494 e. The van der Waals surface area contributed by atoms with Gasteiger partial charge in [-0.2, -0.15) is 0 Å². The smallest absolute Gasteiger partial charge is 0.220 e. The third kappa shape index (κ3) is 5.23. The second kappa shape index (κ2) is 8.52. The van der Waals surface area contributed by atoms with Crippen LogP contribution in [0.5, 0.6) is 5.75 Å². The number of aryl methyl sites for hydroxylation is 1. The maximum atomic E-state index is 12.1. The van der Waals surface area contributed by atoms with E-state index in [1.807, 2.05) is 12.1 Å². The molecule has 0 saturated carbocycles. The molecule has 1 amide bonds. The van der Waals surface area contributed by atoms with Crippen LogP contribution in [0, 0.1) is 12.8 Å². The first-order valence-electron chi connectivity index (χ1n) is 9.41. The lowest BCUT2D eigenvalue weighted by atomic mass is 9.89. The summed E-state index contributed by atoms with van der Waals surface area (Å²) in [5, 5.41) is 6.70. The SMILES string of the molecule is Cc1ccc(OCCCCNC(=O)CC2CC3CCC(C2)N3)cc1. The van der Waals surface area contributed by atoms with Crippen molar-refractivity contribution < 1.29 is 9.53 Å². The lowest BCUT2D eigenvalue weighted by Gasteiger charge is -2.28. The van der Waals surface area contributed by atoms with E-state index < -0.39 is 0 Å². The molecule has 2 aliphatic rings. The first-order valence-corrected chi connectivity index (χ1v) is 9.41. The maximum Gasteiger partial charge on any atom is 0.220 e. The van der Waals surface area contributed by atoms with Crippen LogP contribution in [0.25, 0.3) is 0 Å². The second-order valence-corrected chi connectivity index (χ2v) is 7.40. The molecule has 2 unspecified atom stereocenters. The lowest BCUT2D eigenvalue weighted by Crippen LogP contribution is -2.39. The van der Waals surface area contributed by atoms with Gasteiger partial charge in [0.05, 0.1) is 6.61 Å². The Hall–Kier alpha value is -1.55. The highest BCUT2D eigenvalue weighted by Gasteiger charge is 2.33. The minimum absolute atomic E-state index is 0.223. The van der Waals surface area contributed by atoms with Crippen LogP contribution in [0.2, 0.25) is 0 Å². The minimum atomic E-state index is 0.223. The monoisotopic (exact) mass is 330 g/mol. The van der Waals surface area contributed by atoms with Gasteiger partial charge in [0.25, 0.3) is 0 Å². The Morgan fingerprint density at radius 1 is 1.17 bits per heavy atom. The number of hydrogen-bond donors (Lipinski definition) is 2. The molecule has 1 aromatic rings. The van der Waals surface area contributed by atoms with E-state index in [9.17, 15) is 4.79 Å². The number of unbranched alkanes of at least 4 members (excludes halogenated alkanes) is 1. The molecule has 0 aromatic heterocycles. The first-order chi connectivity index (χ1) is 11.7. The van der Waals surface area contributed by atoms with Gasteiger partial charge in [0.2, 0.25) is 5.91 Å². The molecule has 2 saturated heterocycles. The summed E-state index contributed by atoms with van der Waals surface area (Å²) in [5.41, 5.74) is 1.24. The zero-order valence-corrected chi connectivity index (χ0v) is 14.7. The Kier molecular flexibility index (Phi) is 6.13. The van der Waals surface area contributed by atoms with Crippen molar-refractivity contribution in [1.29, 1.82) is 0 Å². The van der Waals surface area contributed by atoms with Crippen LogP contribution >= 0.6 is 0 Å². The lowest BCUT2D eigenvalue weighted by molar-refractivity contribution is -0.122. The molecule has 24 heavy (non-hydrogen) atoms. The number of carbonyl (C=O) groups is 1. The molecule has 2 bridgehead atoms. The molecule has 2 aliphatic heterocycles. The van der Waals surface area contributed by atoms with E-state index in [-0.39, 0.29) is 5.91 Å². The quantitative estimate of drug-likeness (QED) is 0.720. The van der Waals surface area contributed by atoms with Crippen LogP contribution in [0.3, 0.4) is 0 Å². The van der Waals surface area contributed by atoms with Crippen LogP contribution in [0.1, 0.15) is 50.5 Å². The molecule has 2 N–H and O–H groups in total. The Morgan fingerprint density at radius 3 is 2.58 bits per heavy atom. The first kappa shape index (κ1) is 17.3. The van der Waals surface area contributed by atoms with Crippen molar-refractivity contribution in [3.63, 3.8) is 0 Å². The average Bonchev–Trinajstić information content (AvgIpc) is 2.91. The maximum absolute atomic E-state index is 12.1. The molecular formula is C20H30N2O2. The van der Waals surface area contributed by atoms with Crippen molar-refractivity contribution >= 4 is 5.91 Å².